The smallest absolute Gasteiger partial charge is 0.266 e. The Kier molecular flexibility index (Phi) is 4.66. The van der Waals surface area contributed by atoms with E-state index >= 15 is 0 Å². The molecule has 0 saturated carbocycles. The minimum Gasteiger partial charge on any atom is -0.478 e. The Labute approximate surface area is 156 Å². The van der Waals surface area contributed by atoms with Gasteiger partial charge in [-0.05, 0) is 36.4 Å². The van der Waals surface area contributed by atoms with Crippen LogP contribution in [0.25, 0.3) is 0 Å². The topological polar surface area (TPSA) is 61.9 Å². The Morgan fingerprint density at radius 2 is 1.78 bits per heavy atom. The highest BCUT2D eigenvalue weighted by Crippen LogP contribution is 2.29. The summed E-state index contributed by atoms with van der Waals surface area (Å²) in [5.74, 6) is -0.0868. The fourth-order valence-electron chi connectivity index (χ4n) is 3.38. The normalized spacial score (nSPS) is 19.1. The third-order valence-electron chi connectivity index (χ3n) is 4.89. The molecule has 2 aromatic carbocycles. The van der Waals surface area contributed by atoms with Crippen molar-refractivity contribution in [2.75, 3.05) is 36.4 Å². The SMILES string of the molecule is O=C1Nc2ccccc2OC1CC(=O)N1CCN(c2ccc(F)cc2)CC1. The summed E-state index contributed by atoms with van der Waals surface area (Å²) in [7, 11) is 0. The molecular weight excluding hydrogens is 349 g/mol. The van der Waals surface area contributed by atoms with E-state index in [0.717, 1.165) is 5.69 Å². The molecule has 27 heavy (non-hydrogen) atoms. The molecule has 1 atom stereocenters. The first kappa shape index (κ1) is 17.3. The zero-order valence-corrected chi connectivity index (χ0v) is 14.7. The van der Waals surface area contributed by atoms with Crippen LogP contribution in [0.15, 0.2) is 48.5 Å². The van der Waals surface area contributed by atoms with Gasteiger partial charge in [0.2, 0.25) is 5.91 Å². The van der Waals surface area contributed by atoms with Gasteiger partial charge in [-0.15, -0.1) is 0 Å². The lowest BCUT2D eigenvalue weighted by atomic mass is 10.1. The van der Waals surface area contributed by atoms with Crippen LogP contribution in [-0.4, -0.2) is 49.0 Å². The van der Waals surface area contributed by atoms with Crippen LogP contribution in [0.1, 0.15) is 6.42 Å². The molecule has 2 amide bonds. The third kappa shape index (κ3) is 3.72. The van der Waals surface area contributed by atoms with Gasteiger partial charge in [0, 0.05) is 31.9 Å². The zero-order chi connectivity index (χ0) is 18.8. The highest BCUT2D eigenvalue weighted by atomic mass is 19.1. The van der Waals surface area contributed by atoms with E-state index in [-0.39, 0.29) is 24.1 Å². The first-order chi connectivity index (χ1) is 13.1. The number of hydrogen-bond donors (Lipinski definition) is 1. The van der Waals surface area contributed by atoms with Crippen molar-refractivity contribution in [1.29, 1.82) is 0 Å². The third-order valence-corrected chi connectivity index (χ3v) is 4.89. The maximum absolute atomic E-state index is 13.1. The second kappa shape index (κ2) is 7.26. The molecule has 0 bridgehead atoms. The molecule has 2 aliphatic heterocycles. The Morgan fingerprint density at radius 3 is 2.52 bits per heavy atom. The van der Waals surface area contributed by atoms with Crippen LogP contribution in [-0.2, 0) is 9.59 Å². The molecule has 1 saturated heterocycles. The van der Waals surface area contributed by atoms with Crippen LogP contribution in [0.5, 0.6) is 5.75 Å². The fourth-order valence-corrected chi connectivity index (χ4v) is 3.38. The Bertz CT molecular complexity index is 848. The van der Waals surface area contributed by atoms with Gasteiger partial charge in [-0.1, -0.05) is 12.1 Å². The molecule has 0 aliphatic carbocycles. The molecule has 140 valence electrons. The molecule has 0 aromatic heterocycles. The number of nitrogens with one attached hydrogen (secondary N) is 1. The van der Waals surface area contributed by atoms with Crippen molar-refractivity contribution in [3.63, 3.8) is 0 Å². The van der Waals surface area contributed by atoms with E-state index < -0.39 is 6.10 Å². The van der Waals surface area contributed by atoms with Gasteiger partial charge in [0.1, 0.15) is 11.6 Å². The zero-order valence-electron chi connectivity index (χ0n) is 14.7. The molecule has 2 aliphatic rings. The van der Waals surface area contributed by atoms with Crippen LogP contribution in [0.2, 0.25) is 0 Å². The first-order valence-corrected chi connectivity index (χ1v) is 8.95. The summed E-state index contributed by atoms with van der Waals surface area (Å²) in [5, 5.41) is 2.78. The second-order valence-electron chi connectivity index (χ2n) is 6.64. The molecule has 4 rings (SSSR count). The number of halogens is 1. The maximum atomic E-state index is 13.1. The molecule has 6 nitrogen and oxygen atoms in total. The van der Waals surface area contributed by atoms with Crippen LogP contribution in [0.3, 0.4) is 0 Å². The van der Waals surface area contributed by atoms with E-state index in [1.807, 2.05) is 12.1 Å². The Morgan fingerprint density at radius 1 is 1.07 bits per heavy atom. The molecule has 7 heteroatoms. The van der Waals surface area contributed by atoms with Crippen LogP contribution >= 0.6 is 0 Å². The van der Waals surface area contributed by atoms with Gasteiger partial charge in [0.25, 0.3) is 5.91 Å². The fraction of sp³-hybridized carbons (Fsp3) is 0.300. The average Bonchev–Trinajstić information content (AvgIpc) is 2.69. The molecule has 1 N–H and O–H groups in total. The quantitative estimate of drug-likeness (QED) is 0.902. The summed E-state index contributed by atoms with van der Waals surface area (Å²) in [6, 6.07) is 13.5. The monoisotopic (exact) mass is 369 g/mol. The highest BCUT2D eigenvalue weighted by molar-refractivity contribution is 5.99. The van der Waals surface area contributed by atoms with Crippen molar-refractivity contribution in [3.8, 4) is 5.75 Å². The molecule has 1 unspecified atom stereocenters. The number of para-hydroxylation sites is 2. The first-order valence-electron chi connectivity index (χ1n) is 8.95. The predicted octanol–water partition coefficient (Wildman–Crippen LogP) is 2.26. The summed E-state index contributed by atoms with van der Waals surface area (Å²) >= 11 is 0. The van der Waals surface area contributed by atoms with Gasteiger partial charge in [-0.2, -0.15) is 0 Å². The maximum Gasteiger partial charge on any atom is 0.266 e. The number of rotatable bonds is 3. The lowest BCUT2D eigenvalue weighted by Crippen LogP contribution is -2.50. The molecular formula is C20H20FN3O3. The number of carbonyl (C=O) groups is 2. The summed E-state index contributed by atoms with van der Waals surface area (Å²) in [4.78, 5) is 28.7. The van der Waals surface area contributed by atoms with Gasteiger partial charge in [0.05, 0.1) is 12.1 Å². The van der Waals surface area contributed by atoms with Crippen LogP contribution in [0, 0.1) is 5.82 Å². The predicted molar refractivity (Wildman–Crippen MR) is 99.3 cm³/mol. The molecule has 2 aromatic rings. The van der Waals surface area contributed by atoms with Crippen LogP contribution < -0.4 is 15.0 Å². The Hall–Kier alpha value is -3.09. The number of carbonyl (C=O) groups excluding carboxylic acids is 2. The number of benzene rings is 2. The average molecular weight is 369 g/mol. The van der Waals surface area contributed by atoms with E-state index in [2.05, 4.69) is 10.2 Å². The summed E-state index contributed by atoms with van der Waals surface area (Å²) in [5.41, 5.74) is 1.56. The number of amides is 2. The molecule has 2 heterocycles. The van der Waals surface area contributed by atoms with Crippen molar-refractivity contribution in [3.05, 3.63) is 54.3 Å². The standard InChI is InChI=1S/C20H20FN3O3/c21-14-5-7-15(8-6-14)23-9-11-24(12-10-23)19(25)13-18-20(26)22-16-3-1-2-4-17(16)27-18/h1-8,18H,9-13H2,(H,22,26). The van der Waals surface area contributed by atoms with Crippen molar-refractivity contribution in [2.24, 2.45) is 0 Å². The van der Waals surface area contributed by atoms with E-state index in [0.29, 0.717) is 37.6 Å². The lowest BCUT2D eigenvalue weighted by molar-refractivity contribution is -0.137. The number of piperazine rings is 1. The largest absolute Gasteiger partial charge is 0.478 e. The van der Waals surface area contributed by atoms with Gasteiger partial charge < -0.3 is 19.9 Å². The van der Waals surface area contributed by atoms with Crippen molar-refractivity contribution >= 4 is 23.2 Å². The molecule has 1 fully saturated rings. The van der Waals surface area contributed by atoms with Crippen molar-refractivity contribution < 1.29 is 18.7 Å². The minimum absolute atomic E-state index is 0.0106. The van der Waals surface area contributed by atoms with Gasteiger partial charge >= 0.3 is 0 Å². The van der Waals surface area contributed by atoms with Crippen LogP contribution in [0.4, 0.5) is 15.8 Å². The molecule has 0 radical (unpaired) electrons. The molecule has 0 spiro atoms. The minimum atomic E-state index is -0.817. The number of anilines is 2. The number of ether oxygens (including phenoxy) is 1. The van der Waals surface area contributed by atoms with Gasteiger partial charge in [-0.25, -0.2) is 4.39 Å². The number of nitrogens with zero attached hydrogens (tertiary/aromatic N) is 2. The van der Waals surface area contributed by atoms with E-state index in [9.17, 15) is 14.0 Å². The van der Waals surface area contributed by atoms with Gasteiger partial charge in [-0.3, -0.25) is 9.59 Å². The number of hydrogen-bond acceptors (Lipinski definition) is 4. The van der Waals surface area contributed by atoms with E-state index in [1.165, 1.54) is 12.1 Å². The summed E-state index contributed by atoms with van der Waals surface area (Å²) < 4.78 is 18.8. The summed E-state index contributed by atoms with van der Waals surface area (Å²) in [6.45, 7) is 2.44. The summed E-state index contributed by atoms with van der Waals surface area (Å²) in [6.07, 6.45) is -0.806. The second-order valence-corrected chi connectivity index (χ2v) is 6.64. The van der Waals surface area contributed by atoms with Gasteiger partial charge in [0.15, 0.2) is 6.10 Å². The lowest BCUT2D eigenvalue weighted by Gasteiger charge is -2.37. The van der Waals surface area contributed by atoms with Crippen molar-refractivity contribution in [1.82, 2.24) is 4.90 Å². The Balaban J connectivity index is 1.33. The van der Waals surface area contributed by atoms with E-state index in [1.54, 1.807) is 29.2 Å². The van der Waals surface area contributed by atoms with Crippen molar-refractivity contribution in [2.45, 2.75) is 12.5 Å². The highest BCUT2D eigenvalue weighted by Gasteiger charge is 2.32. The number of fused-ring (bicyclic) bond motifs is 1. The van der Waals surface area contributed by atoms with E-state index in [4.69, 9.17) is 4.74 Å².